The highest BCUT2D eigenvalue weighted by molar-refractivity contribution is 6.01. The van der Waals surface area contributed by atoms with Gasteiger partial charge in [-0.05, 0) is 30.3 Å². The molecule has 1 saturated heterocycles. The summed E-state index contributed by atoms with van der Waals surface area (Å²) in [6.45, 7) is 0.768. The maximum atomic E-state index is 14.2. The van der Waals surface area contributed by atoms with E-state index in [1.807, 2.05) is 12.1 Å². The first kappa shape index (κ1) is 17.7. The Bertz CT molecular complexity index is 1150. The van der Waals surface area contributed by atoms with Gasteiger partial charge in [0.25, 0.3) is 5.91 Å². The van der Waals surface area contributed by atoms with E-state index in [0.717, 1.165) is 0 Å². The van der Waals surface area contributed by atoms with Gasteiger partial charge in [0.2, 0.25) is 0 Å². The number of hydrogen-bond acceptors (Lipinski definition) is 4. The predicted octanol–water partition coefficient (Wildman–Crippen LogP) is 3.57. The van der Waals surface area contributed by atoms with Gasteiger partial charge >= 0.3 is 0 Å². The lowest BCUT2D eigenvalue weighted by Crippen LogP contribution is -2.45. The maximum absolute atomic E-state index is 14.2. The molecule has 1 N–H and O–H groups in total. The summed E-state index contributed by atoms with van der Waals surface area (Å²) >= 11 is 0. The summed E-state index contributed by atoms with van der Waals surface area (Å²) in [4.78, 5) is 30.2. The van der Waals surface area contributed by atoms with Gasteiger partial charge in [0, 0.05) is 18.4 Å². The van der Waals surface area contributed by atoms with Gasteiger partial charge in [-0.2, -0.15) is 0 Å². The quantitative estimate of drug-likeness (QED) is 0.721. The summed E-state index contributed by atoms with van der Waals surface area (Å²) in [5.74, 6) is 0.381. The van der Waals surface area contributed by atoms with Gasteiger partial charge < -0.3 is 19.4 Å². The number of nitrogens with zero attached hydrogens (tertiary/aromatic N) is 1. The zero-order valence-corrected chi connectivity index (χ0v) is 15.8. The molecule has 0 radical (unpaired) electrons. The van der Waals surface area contributed by atoms with Crippen LogP contribution in [-0.2, 0) is 0 Å². The second-order valence-electron chi connectivity index (χ2n) is 7.58. The van der Waals surface area contributed by atoms with Crippen molar-refractivity contribution in [2.45, 2.75) is 18.4 Å². The molecule has 148 valence electrons. The maximum Gasteiger partial charge on any atom is 0.270 e. The fourth-order valence-corrected chi connectivity index (χ4v) is 4.31. The second kappa shape index (κ2) is 6.34. The van der Waals surface area contributed by atoms with E-state index in [-0.39, 0.29) is 29.3 Å². The van der Waals surface area contributed by atoms with Gasteiger partial charge in [-0.15, -0.1) is 0 Å². The third kappa shape index (κ3) is 2.76. The zero-order chi connectivity index (χ0) is 20.2. The standard InChI is InChI=1S/C22H19FN2O4/c1-28-18-7-6-15(23)20-14(18)10-16(24-20)21(27)25-9-8-22(12-25)11-17(26)13-4-2-3-5-19(13)29-22/h2-7,10,24H,8-9,11-12H2,1H3. The summed E-state index contributed by atoms with van der Waals surface area (Å²) in [5.41, 5.74) is 0.388. The molecule has 1 aromatic heterocycles. The lowest BCUT2D eigenvalue weighted by Gasteiger charge is -2.34. The first-order valence-electron chi connectivity index (χ1n) is 9.45. The number of para-hydroxylation sites is 1. The number of Topliss-reactive ketones (excluding diaryl/α,β-unsaturated/α-hetero) is 1. The molecule has 0 saturated carbocycles. The summed E-state index contributed by atoms with van der Waals surface area (Å²) < 4.78 is 25.6. The number of nitrogens with one attached hydrogen (secondary N) is 1. The van der Waals surface area contributed by atoms with Crippen molar-refractivity contribution in [3.63, 3.8) is 0 Å². The van der Waals surface area contributed by atoms with Gasteiger partial charge in [-0.1, -0.05) is 12.1 Å². The highest BCUT2D eigenvalue weighted by Gasteiger charge is 2.47. The molecule has 1 fully saturated rings. The fraction of sp³-hybridized carbons (Fsp3) is 0.273. The van der Waals surface area contributed by atoms with Crippen LogP contribution in [0, 0.1) is 5.82 Å². The van der Waals surface area contributed by atoms with Crippen molar-refractivity contribution in [3.05, 3.63) is 59.5 Å². The number of ketones is 1. The van der Waals surface area contributed by atoms with Crippen LogP contribution in [0.3, 0.4) is 0 Å². The number of rotatable bonds is 2. The molecule has 2 aliphatic rings. The minimum Gasteiger partial charge on any atom is -0.496 e. The van der Waals surface area contributed by atoms with E-state index >= 15 is 0 Å². The molecule has 0 bridgehead atoms. The Morgan fingerprint density at radius 1 is 1.28 bits per heavy atom. The van der Waals surface area contributed by atoms with E-state index in [9.17, 15) is 14.0 Å². The van der Waals surface area contributed by atoms with E-state index in [4.69, 9.17) is 9.47 Å². The Morgan fingerprint density at radius 3 is 2.93 bits per heavy atom. The first-order chi connectivity index (χ1) is 14.0. The number of aromatic nitrogens is 1. The molecule has 2 aliphatic heterocycles. The number of carbonyl (C=O) groups is 2. The number of benzene rings is 2. The van der Waals surface area contributed by atoms with Crippen molar-refractivity contribution in [2.24, 2.45) is 0 Å². The minimum atomic E-state index is -0.712. The number of aromatic amines is 1. The topological polar surface area (TPSA) is 71.6 Å². The van der Waals surface area contributed by atoms with E-state index < -0.39 is 11.4 Å². The highest BCUT2D eigenvalue weighted by atomic mass is 19.1. The van der Waals surface area contributed by atoms with Gasteiger partial charge in [0.05, 0.1) is 31.2 Å². The van der Waals surface area contributed by atoms with Crippen molar-refractivity contribution in [1.82, 2.24) is 9.88 Å². The molecule has 5 rings (SSSR count). The lowest BCUT2D eigenvalue weighted by atomic mass is 9.89. The minimum absolute atomic E-state index is 0.0265. The summed E-state index contributed by atoms with van der Waals surface area (Å²) in [7, 11) is 1.50. The monoisotopic (exact) mass is 394 g/mol. The van der Waals surface area contributed by atoms with Crippen LogP contribution in [0.25, 0.3) is 10.9 Å². The fourth-order valence-electron chi connectivity index (χ4n) is 4.31. The number of methoxy groups -OCH3 is 1. The number of H-pyrrole nitrogens is 1. The molecule has 2 aromatic carbocycles. The number of likely N-dealkylation sites (tertiary alicyclic amines) is 1. The lowest BCUT2D eigenvalue weighted by molar-refractivity contribution is 0.0427. The van der Waals surface area contributed by atoms with Crippen LogP contribution in [0.2, 0.25) is 0 Å². The first-order valence-corrected chi connectivity index (χ1v) is 9.45. The van der Waals surface area contributed by atoms with Gasteiger partial charge in [0.1, 0.15) is 28.6 Å². The Hall–Kier alpha value is -3.35. The SMILES string of the molecule is COc1ccc(F)c2[nH]c(C(=O)N3CCC4(CC(=O)c5ccccc5O4)C3)cc12. The van der Waals surface area contributed by atoms with Crippen molar-refractivity contribution >= 4 is 22.6 Å². The van der Waals surface area contributed by atoms with Crippen LogP contribution in [-0.4, -0.2) is 47.4 Å². The van der Waals surface area contributed by atoms with Crippen LogP contribution >= 0.6 is 0 Å². The molecule has 29 heavy (non-hydrogen) atoms. The van der Waals surface area contributed by atoms with E-state index in [2.05, 4.69) is 4.98 Å². The largest absolute Gasteiger partial charge is 0.496 e. The number of halogens is 1. The Balaban J connectivity index is 1.42. The highest BCUT2D eigenvalue weighted by Crippen LogP contribution is 2.39. The normalized spacial score (nSPS) is 20.8. The molecule has 3 aromatic rings. The summed E-state index contributed by atoms with van der Waals surface area (Å²) in [5, 5.41) is 0.516. The van der Waals surface area contributed by atoms with Crippen LogP contribution in [0.1, 0.15) is 33.7 Å². The van der Waals surface area contributed by atoms with E-state index in [1.165, 1.54) is 19.2 Å². The van der Waals surface area contributed by atoms with Crippen molar-refractivity contribution < 1.29 is 23.5 Å². The molecule has 1 amide bonds. The average Bonchev–Trinajstić information content (AvgIpc) is 3.34. The Labute approximate surface area is 166 Å². The number of amides is 1. The van der Waals surface area contributed by atoms with Gasteiger partial charge in [-0.3, -0.25) is 9.59 Å². The molecule has 1 unspecified atom stereocenters. The molecule has 1 spiro atoms. The van der Waals surface area contributed by atoms with Gasteiger partial charge in [-0.25, -0.2) is 4.39 Å². The number of ether oxygens (including phenoxy) is 2. The summed E-state index contributed by atoms with van der Waals surface area (Å²) in [6.07, 6.45) is 0.805. The van der Waals surface area contributed by atoms with Crippen LogP contribution in [0.15, 0.2) is 42.5 Å². The second-order valence-corrected chi connectivity index (χ2v) is 7.58. The molecule has 1 atom stereocenters. The molecule has 3 heterocycles. The average molecular weight is 394 g/mol. The number of carbonyl (C=O) groups excluding carboxylic acids is 2. The molecule has 7 heteroatoms. The van der Waals surface area contributed by atoms with Crippen molar-refractivity contribution in [1.29, 1.82) is 0 Å². The van der Waals surface area contributed by atoms with Crippen molar-refractivity contribution in [2.75, 3.05) is 20.2 Å². The summed E-state index contributed by atoms with van der Waals surface area (Å²) in [6, 6.07) is 11.6. The zero-order valence-electron chi connectivity index (χ0n) is 15.8. The smallest absolute Gasteiger partial charge is 0.270 e. The number of hydrogen-bond donors (Lipinski definition) is 1. The van der Waals surface area contributed by atoms with Gasteiger partial charge in [0.15, 0.2) is 5.78 Å². The van der Waals surface area contributed by atoms with Crippen molar-refractivity contribution in [3.8, 4) is 11.5 Å². The van der Waals surface area contributed by atoms with Crippen LogP contribution in [0.4, 0.5) is 4.39 Å². The van der Waals surface area contributed by atoms with E-state index in [0.29, 0.717) is 42.0 Å². The van der Waals surface area contributed by atoms with Crippen LogP contribution in [0.5, 0.6) is 11.5 Å². The third-order valence-electron chi connectivity index (χ3n) is 5.75. The van der Waals surface area contributed by atoms with E-state index in [1.54, 1.807) is 23.1 Å². The third-order valence-corrected chi connectivity index (χ3v) is 5.75. The molecule has 0 aliphatic carbocycles. The molecular formula is C22H19FN2O4. The Morgan fingerprint density at radius 2 is 2.10 bits per heavy atom. The molecule has 6 nitrogen and oxygen atoms in total. The van der Waals surface area contributed by atoms with Crippen LogP contribution < -0.4 is 9.47 Å². The Kier molecular flexibility index (Phi) is 3.87. The number of fused-ring (bicyclic) bond motifs is 2. The molecular weight excluding hydrogens is 375 g/mol. The predicted molar refractivity (Wildman–Crippen MR) is 104 cm³/mol.